The molecule has 2 aromatic heterocycles. The summed E-state index contributed by atoms with van der Waals surface area (Å²) in [7, 11) is 1.64. The number of halogens is 1. The van der Waals surface area contributed by atoms with E-state index in [-0.39, 0.29) is 6.04 Å². The van der Waals surface area contributed by atoms with Gasteiger partial charge in [0, 0.05) is 26.0 Å². The lowest BCUT2D eigenvalue weighted by atomic mass is 10.0. The topological polar surface area (TPSA) is 79.8 Å². The van der Waals surface area contributed by atoms with Crippen molar-refractivity contribution in [3.05, 3.63) is 28.5 Å². The molecule has 0 bridgehead atoms. The van der Waals surface area contributed by atoms with Gasteiger partial charge in [0.2, 0.25) is 5.95 Å². The second kappa shape index (κ2) is 6.48. The number of hydrogen-bond donors (Lipinski definition) is 1. The molecular formula is C13H17BrN6O. The molecule has 8 heteroatoms. The summed E-state index contributed by atoms with van der Waals surface area (Å²) in [6.07, 6.45) is 6.82. The fourth-order valence-electron chi connectivity index (χ4n) is 2.55. The van der Waals surface area contributed by atoms with Gasteiger partial charge in [-0.25, -0.2) is 15.0 Å². The normalized spacial score (nSPS) is 19.0. The van der Waals surface area contributed by atoms with E-state index in [2.05, 4.69) is 46.0 Å². The number of nitrogens with zero attached hydrogens (tertiary/aromatic N) is 5. The highest BCUT2D eigenvalue weighted by Crippen LogP contribution is 2.31. The molecule has 0 spiro atoms. The first-order valence-corrected chi connectivity index (χ1v) is 7.71. The van der Waals surface area contributed by atoms with Gasteiger partial charge in [0.15, 0.2) is 11.6 Å². The van der Waals surface area contributed by atoms with Crippen molar-refractivity contribution in [3.63, 3.8) is 0 Å². The highest BCUT2D eigenvalue weighted by atomic mass is 79.9. The highest BCUT2D eigenvalue weighted by molar-refractivity contribution is 9.10. The third kappa shape index (κ3) is 3.21. The van der Waals surface area contributed by atoms with E-state index in [0.29, 0.717) is 6.61 Å². The molecule has 0 aromatic carbocycles. The smallest absolute Gasteiger partial charge is 0.225 e. The molecule has 21 heavy (non-hydrogen) atoms. The summed E-state index contributed by atoms with van der Waals surface area (Å²) in [6.45, 7) is 1.36. The fraction of sp³-hybridized carbons (Fsp3) is 0.538. The second-order valence-electron chi connectivity index (χ2n) is 4.98. The number of nitrogens with one attached hydrogen (secondary N) is 1. The third-order valence-electron chi connectivity index (χ3n) is 3.49. The summed E-state index contributed by atoms with van der Waals surface area (Å²) in [5, 5.41) is 7.25. The Hall–Kier alpha value is -1.54. The van der Waals surface area contributed by atoms with Crippen LogP contribution in [0.2, 0.25) is 0 Å². The maximum atomic E-state index is 5.08. The molecule has 0 radical (unpaired) electrons. The summed E-state index contributed by atoms with van der Waals surface area (Å²) in [4.78, 5) is 15.5. The molecule has 0 amide bonds. The van der Waals surface area contributed by atoms with E-state index in [1.807, 2.05) is 0 Å². The zero-order valence-corrected chi connectivity index (χ0v) is 13.4. The Bertz CT molecular complexity index is 587. The predicted molar refractivity (Wildman–Crippen MR) is 80.8 cm³/mol. The van der Waals surface area contributed by atoms with Gasteiger partial charge in [-0.05, 0) is 35.2 Å². The number of methoxy groups -OCH3 is 1. The molecule has 1 N–H and O–H groups in total. The van der Waals surface area contributed by atoms with E-state index in [9.17, 15) is 0 Å². The van der Waals surface area contributed by atoms with Crippen LogP contribution in [-0.4, -0.2) is 38.8 Å². The Morgan fingerprint density at radius 2 is 2.19 bits per heavy atom. The maximum Gasteiger partial charge on any atom is 0.225 e. The van der Waals surface area contributed by atoms with E-state index in [1.54, 1.807) is 19.5 Å². The molecule has 1 saturated heterocycles. The number of aromatic nitrogens is 5. The fourth-order valence-corrected chi connectivity index (χ4v) is 2.76. The molecule has 2 aromatic rings. The van der Waals surface area contributed by atoms with Gasteiger partial charge >= 0.3 is 0 Å². The zero-order valence-electron chi connectivity index (χ0n) is 11.8. The van der Waals surface area contributed by atoms with Crippen molar-refractivity contribution in [1.82, 2.24) is 25.1 Å². The van der Waals surface area contributed by atoms with Crippen LogP contribution >= 0.6 is 15.9 Å². The first-order chi connectivity index (χ1) is 10.3. The lowest BCUT2D eigenvalue weighted by molar-refractivity contribution is 0.178. The molecule has 1 atom stereocenters. The number of ether oxygens (including phenoxy) is 1. The third-order valence-corrected chi connectivity index (χ3v) is 3.90. The standard InChI is InChI=1S/C13H17BrN6O/c1-21-8-11-17-12(19-18-11)10-4-2-3-5-20(10)13-15-6-9(14)7-16-13/h6-7,10H,2-5,8H2,1H3,(H,17,18,19)/t10-/m0/s1. The van der Waals surface area contributed by atoms with Crippen molar-refractivity contribution in [2.45, 2.75) is 31.9 Å². The van der Waals surface area contributed by atoms with Crippen LogP contribution in [-0.2, 0) is 11.3 Å². The van der Waals surface area contributed by atoms with Crippen molar-refractivity contribution >= 4 is 21.9 Å². The molecule has 0 aliphatic carbocycles. The molecule has 7 nitrogen and oxygen atoms in total. The molecular weight excluding hydrogens is 336 g/mol. The van der Waals surface area contributed by atoms with Gasteiger partial charge in [-0.2, -0.15) is 5.10 Å². The van der Waals surface area contributed by atoms with Crippen molar-refractivity contribution in [1.29, 1.82) is 0 Å². The number of aromatic amines is 1. The quantitative estimate of drug-likeness (QED) is 0.908. The molecule has 3 heterocycles. The molecule has 3 rings (SSSR count). The Morgan fingerprint density at radius 3 is 2.95 bits per heavy atom. The highest BCUT2D eigenvalue weighted by Gasteiger charge is 2.29. The lowest BCUT2D eigenvalue weighted by Crippen LogP contribution is -2.35. The number of piperidine rings is 1. The van der Waals surface area contributed by atoms with E-state index in [0.717, 1.165) is 47.9 Å². The van der Waals surface area contributed by atoms with Crippen molar-refractivity contribution < 1.29 is 4.74 Å². The van der Waals surface area contributed by atoms with Crippen LogP contribution in [0.4, 0.5) is 5.95 Å². The molecule has 0 unspecified atom stereocenters. The Kier molecular flexibility index (Phi) is 4.45. The molecule has 0 saturated carbocycles. The Balaban J connectivity index is 1.84. The number of rotatable bonds is 4. The van der Waals surface area contributed by atoms with Crippen LogP contribution in [0.5, 0.6) is 0 Å². The van der Waals surface area contributed by atoms with Gasteiger partial charge in [-0.15, -0.1) is 0 Å². The molecule has 1 aliphatic rings. The minimum atomic E-state index is 0.113. The van der Waals surface area contributed by atoms with Crippen molar-refractivity contribution in [2.75, 3.05) is 18.6 Å². The lowest BCUT2D eigenvalue weighted by Gasteiger charge is -2.33. The SMILES string of the molecule is COCc1nc([C@@H]2CCCCN2c2ncc(Br)cn2)n[nH]1. The zero-order chi connectivity index (χ0) is 14.7. The average molecular weight is 353 g/mol. The van der Waals surface area contributed by atoms with Gasteiger partial charge in [0.05, 0.1) is 10.5 Å². The van der Waals surface area contributed by atoms with Crippen LogP contribution in [0.3, 0.4) is 0 Å². The van der Waals surface area contributed by atoms with Crippen LogP contribution < -0.4 is 4.90 Å². The molecule has 112 valence electrons. The van der Waals surface area contributed by atoms with Gasteiger partial charge in [0.25, 0.3) is 0 Å². The predicted octanol–water partition coefficient (Wildman–Crippen LogP) is 2.24. The maximum absolute atomic E-state index is 5.08. The monoisotopic (exact) mass is 352 g/mol. The average Bonchev–Trinajstić information content (AvgIpc) is 2.97. The first-order valence-electron chi connectivity index (χ1n) is 6.92. The van der Waals surface area contributed by atoms with Crippen LogP contribution in [0.1, 0.15) is 37.0 Å². The molecule has 1 aliphatic heterocycles. The first kappa shape index (κ1) is 14.4. The van der Waals surface area contributed by atoms with Crippen LogP contribution in [0.15, 0.2) is 16.9 Å². The van der Waals surface area contributed by atoms with Crippen molar-refractivity contribution in [2.24, 2.45) is 0 Å². The summed E-state index contributed by atoms with van der Waals surface area (Å²) >= 11 is 3.36. The summed E-state index contributed by atoms with van der Waals surface area (Å²) in [5.41, 5.74) is 0. The van der Waals surface area contributed by atoms with E-state index < -0.39 is 0 Å². The Labute approximate surface area is 131 Å². The van der Waals surface area contributed by atoms with Gasteiger partial charge in [-0.1, -0.05) is 0 Å². The Morgan fingerprint density at radius 1 is 1.38 bits per heavy atom. The van der Waals surface area contributed by atoms with Crippen LogP contribution in [0, 0.1) is 0 Å². The largest absolute Gasteiger partial charge is 0.377 e. The number of H-pyrrole nitrogens is 1. The minimum absolute atomic E-state index is 0.113. The van der Waals surface area contributed by atoms with E-state index >= 15 is 0 Å². The van der Waals surface area contributed by atoms with Gasteiger partial charge in [-0.3, -0.25) is 5.10 Å². The van der Waals surface area contributed by atoms with Gasteiger partial charge in [0.1, 0.15) is 6.61 Å². The van der Waals surface area contributed by atoms with E-state index in [4.69, 9.17) is 4.74 Å². The van der Waals surface area contributed by atoms with Crippen LogP contribution in [0.25, 0.3) is 0 Å². The summed E-state index contributed by atoms with van der Waals surface area (Å²) in [5.74, 6) is 2.25. The summed E-state index contributed by atoms with van der Waals surface area (Å²) < 4.78 is 5.95. The second-order valence-corrected chi connectivity index (χ2v) is 5.90. The van der Waals surface area contributed by atoms with Crippen molar-refractivity contribution in [3.8, 4) is 0 Å². The minimum Gasteiger partial charge on any atom is -0.377 e. The van der Waals surface area contributed by atoms with E-state index in [1.165, 1.54) is 0 Å². The number of hydrogen-bond acceptors (Lipinski definition) is 6. The molecule has 1 fully saturated rings. The summed E-state index contributed by atoms with van der Waals surface area (Å²) in [6, 6.07) is 0.113. The number of anilines is 1. The van der Waals surface area contributed by atoms with Gasteiger partial charge < -0.3 is 9.64 Å².